The molecule has 0 fully saturated rings. The van der Waals surface area contributed by atoms with Crippen LogP contribution in [0, 0.1) is 17.2 Å². The Labute approximate surface area is 190 Å². The summed E-state index contributed by atoms with van der Waals surface area (Å²) in [5, 5.41) is 13.6. The van der Waals surface area contributed by atoms with E-state index in [1.54, 1.807) is 11.3 Å². The van der Waals surface area contributed by atoms with E-state index in [2.05, 4.69) is 41.5 Å². The standard InChI is InChI=1S/C26H33N3OS/c1-4-17(5-2)25(30)28-26-22(16-27)21-14-13-19(15-24(21)31-26)29(3)23-12-8-10-18-9-6-7-11-20(18)23/h8,10,12,17,19H,4-7,9,11,13-15H2,1-3H3,(H,28,30). The highest BCUT2D eigenvalue weighted by atomic mass is 32.1. The van der Waals surface area contributed by atoms with Gasteiger partial charge in [-0.05, 0) is 74.1 Å². The first-order valence-corrected chi connectivity index (χ1v) is 12.6. The molecule has 2 aliphatic carbocycles. The van der Waals surface area contributed by atoms with Gasteiger partial charge in [0.05, 0.1) is 5.56 Å². The van der Waals surface area contributed by atoms with Crippen LogP contribution in [0.3, 0.4) is 0 Å². The number of likely N-dealkylation sites (N-methyl/N-ethyl adjacent to an activating group) is 1. The molecule has 1 unspecified atom stereocenters. The Balaban J connectivity index is 1.56. The maximum Gasteiger partial charge on any atom is 0.228 e. The first-order chi connectivity index (χ1) is 15.1. The predicted octanol–water partition coefficient (Wildman–Crippen LogP) is 5.87. The Hall–Kier alpha value is -2.32. The normalized spacial score (nSPS) is 17.6. The molecule has 4 rings (SSSR count). The van der Waals surface area contributed by atoms with E-state index in [-0.39, 0.29) is 11.8 Å². The molecule has 1 aromatic carbocycles. The number of aryl methyl sites for hydroxylation is 1. The second-order valence-electron chi connectivity index (χ2n) is 8.95. The van der Waals surface area contributed by atoms with Gasteiger partial charge in [0.25, 0.3) is 0 Å². The third kappa shape index (κ3) is 4.23. The van der Waals surface area contributed by atoms with E-state index in [1.807, 2.05) is 13.8 Å². The number of hydrogen-bond acceptors (Lipinski definition) is 4. The van der Waals surface area contributed by atoms with Crippen LogP contribution in [-0.2, 0) is 30.5 Å². The van der Waals surface area contributed by atoms with Gasteiger partial charge in [0.1, 0.15) is 11.1 Å². The second-order valence-corrected chi connectivity index (χ2v) is 10.1. The molecule has 1 amide bonds. The second kappa shape index (κ2) is 9.44. The number of carbonyl (C=O) groups is 1. The van der Waals surface area contributed by atoms with Crippen LogP contribution in [0.5, 0.6) is 0 Å². The van der Waals surface area contributed by atoms with Gasteiger partial charge in [0, 0.05) is 36.0 Å². The molecule has 4 nitrogen and oxygen atoms in total. The maximum atomic E-state index is 12.6. The van der Waals surface area contributed by atoms with Gasteiger partial charge < -0.3 is 10.2 Å². The van der Waals surface area contributed by atoms with Crippen LogP contribution in [0.1, 0.15) is 73.1 Å². The predicted molar refractivity (Wildman–Crippen MR) is 129 cm³/mol. The molecule has 2 aliphatic rings. The van der Waals surface area contributed by atoms with Gasteiger partial charge in [0.15, 0.2) is 0 Å². The van der Waals surface area contributed by atoms with Crippen LogP contribution in [0.15, 0.2) is 18.2 Å². The summed E-state index contributed by atoms with van der Waals surface area (Å²) in [4.78, 5) is 16.4. The molecule has 0 bridgehead atoms. The zero-order valence-corrected chi connectivity index (χ0v) is 19.8. The number of amides is 1. The Morgan fingerprint density at radius 3 is 2.74 bits per heavy atom. The lowest BCUT2D eigenvalue weighted by Crippen LogP contribution is -2.37. The molecule has 0 radical (unpaired) electrons. The van der Waals surface area contributed by atoms with Crippen molar-refractivity contribution in [3.05, 3.63) is 45.3 Å². The third-order valence-corrected chi connectivity index (χ3v) is 8.41. The fraction of sp³-hybridized carbons (Fsp3) is 0.538. The molecule has 1 N–H and O–H groups in total. The fourth-order valence-electron chi connectivity index (χ4n) is 5.27. The van der Waals surface area contributed by atoms with Gasteiger partial charge in [-0.2, -0.15) is 5.26 Å². The van der Waals surface area contributed by atoms with Crippen LogP contribution in [0.2, 0.25) is 0 Å². The molecular weight excluding hydrogens is 402 g/mol. The monoisotopic (exact) mass is 435 g/mol. The minimum absolute atomic E-state index is 0.00816. The van der Waals surface area contributed by atoms with Crippen molar-refractivity contribution < 1.29 is 4.79 Å². The van der Waals surface area contributed by atoms with E-state index in [4.69, 9.17) is 0 Å². The molecule has 5 heteroatoms. The van der Waals surface area contributed by atoms with E-state index in [1.165, 1.54) is 47.4 Å². The van der Waals surface area contributed by atoms with Crippen molar-refractivity contribution in [1.82, 2.24) is 0 Å². The molecule has 1 atom stereocenters. The lowest BCUT2D eigenvalue weighted by Gasteiger charge is -2.35. The minimum Gasteiger partial charge on any atom is -0.371 e. The summed E-state index contributed by atoms with van der Waals surface area (Å²) in [6.45, 7) is 4.09. The number of thiophene rings is 1. The summed E-state index contributed by atoms with van der Waals surface area (Å²) in [6, 6.07) is 9.57. The number of benzene rings is 1. The molecular formula is C26H33N3OS. The number of rotatable bonds is 6. The van der Waals surface area contributed by atoms with Gasteiger partial charge in [-0.1, -0.05) is 26.0 Å². The first kappa shape index (κ1) is 21.9. The lowest BCUT2D eigenvalue weighted by molar-refractivity contribution is -0.120. The number of carbonyl (C=O) groups excluding carboxylic acids is 1. The molecule has 1 heterocycles. The Morgan fingerprint density at radius 2 is 2.00 bits per heavy atom. The summed E-state index contributed by atoms with van der Waals surface area (Å²) < 4.78 is 0. The number of fused-ring (bicyclic) bond motifs is 2. The summed E-state index contributed by atoms with van der Waals surface area (Å²) in [6.07, 6.45) is 9.48. The van der Waals surface area contributed by atoms with Crippen molar-refractivity contribution in [2.45, 2.75) is 77.7 Å². The first-order valence-electron chi connectivity index (χ1n) is 11.8. The number of nitriles is 1. The van der Waals surface area contributed by atoms with E-state index in [0.717, 1.165) is 42.7 Å². The minimum atomic E-state index is 0.00816. The average molecular weight is 436 g/mol. The van der Waals surface area contributed by atoms with Gasteiger partial charge in [-0.3, -0.25) is 4.79 Å². The lowest BCUT2D eigenvalue weighted by atomic mass is 9.88. The van der Waals surface area contributed by atoms with Gasteiger partial charge in [-0.15, -0.1) is 11.3 Å². The van der Waals surface area contributed by atoms with Gasteiger partial charge in [0.2, 0.25) is 5.91 Å². The molecule has 0 saturated heterocycles. The maximum absolute atomic E-state index is 12.6. The van der Waals surface area contributed by atoms with Crippen LogP contribution >= 0.6 is 11.3 Å². The van der Waals surface area contributed by atoms with Crippen LogP contribution in [0.4, 0.5) is 10.7 Å². The highest BCUT2D eigenvalue weighted by Gasteiger charge is 2.30. The SMILES string of the molecule is CCC(CC)C(=O)Nc1sc2c(c1C#N)CCC(N(C)c1cccc3c1CCCC3)C2. The topological polar surface area (TPSA) is 56.1 Å². The van der Waals surface area contributed by atoms with Crippen LogP contribution in [-0.4, -0.2) is 19.0 Å². The van der Waals surface area contributed by atoms with E-state index in [0.29, 0.717) is 11.6 Å². The Kier molecular flexibility index (Phi) is 6.67. The van der Waals surface area contributed by atoms with Crippen molar-refractivity contribution in [2.24, 2.45) is 5.92 Å². The Bertz CT molecular complexity index is 999. The fourth-order valence-corrected chi connectivity index (χ4v) is 6.54. The quantitative estimate of drug-likeness (QED) is 0.618. The van der Waals surface area contributed by atoms with Gasteiger partial charge >= 0.3 is 0 Å². The third-order valence-electron chi connectivity index (χ3n) is 7.24. The van der Waals surface area contributed by atoms with Crippen molar-refractivity contribution >= 4 is 27.9 Å². The molecule has 0 spiro atoms. The average Bonchev–Trinajstić information content (AvgIpc) is 3.15. The molecule has 31 heavy (non-hydrogen) atoms. The zero-order valence-electron chi connectivity index (χ0n) is 19.0. The molecule has 164 valence electrons. The van der Waals surface area contributed by atoms with Crippen molar-refractivity contribution in [2.75, 3.05) is 17.3 Å². The molecule has 2 aromatic rings. The van der Waals surface area contributed by atoms with Crippen molar-refractivity contribution in [1.29, 1.82) is 5.26 Å². The summed E-state index contributed by atoms with van der Waals surface area (Å²) in [5.74, 6) is 0.0542. The highest BCUT2D eigenvalue weighted by Crippen LogP contribution is 2.40. The van der Waals surface area contributed by atoms with Crippen LogP contribution in [0.25, 0.3) is 0 Å². The number of nitrogens with one attached hydrogen (secondary N) is 1. The summed E-state index contributed by atoms with van der Waals surface area (Å²) in [7, 11) is 2.23. The highest BCUT2D eigenvalue weighted by molar-refractivity contribution is 7.16. The van der Waals surface area contributed by atoms with Crippen LogP contribution < -0.4 is 10.2 Å². The summed E-state index contributed by atoms with van der Waals surface area (Å²) >= 11 is 1.62. The van der Waals surface area contributed by atoms with E-state index in [9.17, 15) is 10.1 Å². The largest absolute Gasteiger partial charge is 0.371 e. The summed E-state index contributed by atoms with van der Waals surface area (Å²) in [5.41, 5.74) is 6.28. The van der Waals surface area contributed by atoms with Gasteiger partial charge in [-0.25, -0.2) is 0 Å². The number of hydrogen-bond donors (Lipinski definition) is 1. The van der Waals surface area contributed by atoms with Crippen molar-refractivity contribution in [3.63, 3.8) is 0 Å². The molecule has 0 aliphatic heterocycles. The number of anilines is 2. The Morgan fingerprint density at radius 1 is 1.23 bits per heavy atom. The smallest absolute Gasteiger partial charge is 0.228 e. The van der Waals surface area contributed by atoms with E-state index < -0.39 is 0 Å². The molecule has 1 aromatic heterocycles. The van der Waals surface area contributed by atoms with Crippen molar-refractivity contribution in [3.8, 4) is 6.07 Å². The zero-order chi connectivity index (χ0) is 22.0. The molecule has 0 saturated carbocycles. The van der Waals surface area contributed by atoms with E-state index >= 15 is 0 Å². The number of nitrogens with zero attached hydrogens (tertiary/aromatic N) is 2.